The summed E-state index contributed by atoms with van der Waals surface area (Å²) in [5.41, 5.74) is 0.522. The van der Waals surface area contributed by atoms with Crippen molar-refractivity contribution in [2.24, 2.45) is 5.92 Å². The first-order valence-corrected chi connectivity index (χ1v) is 8.96. The molecule has 6 heteroatoms. The Hall–Kier alpha value is -0.840. The number of benzene rings is 1. The molecule has 1 aliphatic heterocycles. The van der Waals surface area contributed by atoms with Crippen LogP contribution in [0.25, 0.3) is 0 Å². The van der Waals surface area contributed by atoms with Crippen LogP contribution in [0.3, 0.4) is 0 Å². The first-order valence-electron chi connectivity index (χ1n) is 8.58. The second-order valence-electron chi connectivity index (χ2n) is 6.60. The van der Waals surface area contributed by atoms with Crippen LogP contribution < -0.4 is 5.32 Å². The lowest BCUT2D eigenvalue weighted by Crippen LogP contribution is -2.47. The van der Waals surface area contributed by atoms with Crippen molar-refractivity contribution >= 4 is 29.9 Å². The molecule has 24 heavy (non-hydrogen) atoms. The molecule has 2 aliphatic rings. The molecule has 134 valence electrons. The van der Waals surface area contributed by atoms with Gasteiger partial charge < -0.3 is 10.2 Å². The van der Waals surface area contributed by atoms with E-state index in [1.54, 1.807) is 12.1 Å². The zero-order valence-corrected chi connectivity index (χ0v) is 15.5. The molecule has 0 aromatic heterocycles. The topological polar surface area (TPSA) is 32.3 Å². The highest BCUT2D eigenvalue weighted by atomic mass is 35.5. The van der Waals surface area contributed by atoms with E-state index in [1.807, 2.05) is 4.90 Å². The van der Waals surface area contributed by atoms with Crippen LogP contribution in [-0.2, 0) is 4.79 Å². The molecule has 1 amide bonds. The monoisotopic (exact) mass is 374 g/mol. The molecule has 1 saturated heterocycles. The highest BCUT2D eigenvalue weighted by Crippen LogP contribution is 2.51. The number of amides is 1. The fraction of sp³-hybridized carbons (Fsp3) is 0.611. The number of nitrogens with zero attached hydrogens (tertiary/aromatic N) is 1. The number of hydrogen-bond acceptors (Lipinski definition) is 2. The van der Waals surface area contributed by atoms with Crippen molar-refractivity contribution in [2.75, 3.05) is 19.6 Å². The molecule has 1 saturated carbocycles. The molecule has 1 heterocycles. The van der Waals surface area contributed by atoms with Gasteiger partial charge in [-0.1, -0.05) is 24.6 Å². The molecule has 2 unspecified atom stereocenters. The van der Waals surface area contributed by atoms with E-state index in [9.17, 15) is 9.18 Å². The van der Waals surface area contributed by atoms with Gasteiger partial charge in [0.05, 0.1) is 0 Å². The van der Waals surface area contributed by atoms with E-state index >= 15 is 0 Å². The summed E-state index contributed by atoms with van der Waals surface area (Å²) in [6.07, 6.45) is 3.67. The van der Waals surface area contributed by atoms with Gasteiger partial charge in [0, 0.05) is 35.0 Å². The van der Waals surface area contributed by atoms with Crippen molar-refractivity contribution in [2.45, 2.75) is 44.6 Å². The number of carbonyl (C=O) groups is 1. The number of carbonyl (C=O) groups excluding carboxylic acids is 1. The van der Waals surface area contributed by atoms with E-state index in [0.29, 0.717) is 23.0 Å². The number of hydrogen-bond donors (Lipinski definition) is 1. The van der Waals surface area contributed by atoms with Crippen LogP contribution in [0, 0.1) is 11.7 Å². The molecule has 1 aromatic rings. The van der Waals surface area contributed by atoms with Crippen molar-refractivity contribution in [1.29, 1.82) is 0 Å². The summed E-state index contributed by atoms with van der Waals surface area (Å²) >= 11 is 6.15. The average molecular weight is 375 g/mol. The first kappa shape index (κ1) is 19.5. The smallest absolute Gasteiger partial charge is 0.226 e. The summed E-state index contributed by atoms with van der Waals surface area (Å²) in [5, 5.41) is 3.78. The van der Waals surface area contributed by atoms with Gasteiger partial charge in [-0.15, -0.1) is 12.4 Å². The maximum absolute atomic E-state index is 14.1. The molecule has 0 spiro atoms. The fourth-order valence-electron chi connectivity index (χ4n) is 3.70. The SMILES string of the molecule is CCCN(C(=O)C1CC1c1c(F)cccc1Cl)C1CCNCC1.Cl. The Balaban J connectivity index is 0.00000208. The average Bonchev–Trinajstić information content (AvgIpc) is 3.33. The third-order valence-electron chi connectivity index (χ3n) is 4.98. The van der Waals surface area contributed by atoms with Crippen molar-refractivity contribution in [3.63, 3.8) is 0 Å². The Labute approximate surface area is 154 Å². The number of rotatable bonds is 5. The van der Waals surface area contributed by atoms with Crippen LogP contribution in [0.5, 0.6) is 0 Å². The van der Waals surface area contributed by atoms with E-state index < -0.39 is 0 Å². The summed E-state index contributed by atoms with van der Waals surface area (Å²) in [6.45, 7) is 4.81. The Kier molecular flexibility index (Phi) is 6.90. The molecule has 1 aromatic carbocycles. The highest BCUT2D eigenvalue weighted by Gasteiger charge is 2.48. The van der Waals surface area contributed by atoms with Gasteiger partial charge in [-0.2, -0.15) is 0 Å². The molecule has 1 aliphatic carbocycles. The van der Waals surface area contributed by atoms with Gasteiger partial charge in [-0.3, -0.25) is 4.79 Å². The Morgan fingerprint density at radius 2 is 2.08 bits per heavy atom. The maximum Gasteiger partial charge on any atom is 0.226 e. The molecule has 0 bridgehead atoms. The van der Waals surface area contributed by atoms with Crippen molar-refractivity contribution < 1.29 is 9.18 Å². The molecule has 2 fully saturated rings. The van der Waals surface area contributed by atoms with E-state index in [0.717, 1.165) is 38.9 Å². The largest absolute Gasteiger partial charge is 0.339 e. The zero-order valence-electron chi connectivity index (χ0n) is 13.9. The van der Waals surface area contributed by atoms with Gasteiger partial charge in [0.15, 0.2) is 0 Å². The minimum absolute atomic E-state index is 0. The quantitative estimate of drug-likeness (QED) is 0.844. The predicted octanol–water partition coefficient (Wildman–Crippen LogP) is 4.00. The van der Waals surface area contributed by atoms with E-state index in [2.05, 4.69) is 12.2 Å². The molecule has 0 radical (unpaired) electrons. The second kappa shape index (κ2) is 8.50. The molecule has 3 nitrogen and oxygen atoms in total. The van der Waals surface area contributed by atoms with E-state index in [-0.39, 0.29) is 36.0 Å². The number of halogens is 3. The second-order valence-corrected chi connectivity index (χ2v) is 7.00. The fourth-order valence-corrected chi connectivity index (χ4v) is 4.00. The van der Waals surface area contributed by atoms with Gasteiger partial charge in [-0.05, 0) is 50.9 Å². The predicted molar refractivity (Wildman–Crippen MR) is 97.4 cm³/mol. The summed E-state index contributed by atoms with van der Waals surface area (Å²) < 4.78 is 14.1. The molecule has 2 atom stereocenters. The van der Waals surface area contributed by atoms with E-state index in [1.165, 1.54) is 6.07 Å². The third kappa shape index (κ3) is 4.04. The summed E-state index contributed by atoms with van der Waals surface area (Å²) in [7, 11) is 0. The number of piperidine rings is 1. The number of nitrogens with one attached hydrogen (secondary N) is 1. The highest BCUT2D eigenvalue weighted by molar-refractivity contribution is 6.31. The first-order chi connectivity index (χ1) is 11.1. The van der Waals surface area contributed by atoms with Crippen molar-refractivity contribution in [1.82, 2.24) is 10.2 Å². The lowest BCUT2D eigenvalue weighted by atomic mass is 10.0. The Bertz CT molecular complexity index is 558. The lowest BCUT2D eigenvalue weighted by Gasteiger charge is -2.35. The Morgan fingerprint density at radius 3 is 2.71 bits per heavy atom. The Morgan fingerprint density at radius 1 is 1.38 bits per heavy atom. The van der Waals surface area contributed by atoms with Crippen molar-refractivity contribution in [3.05, 3.63) is 34.6 Å². The maximum atomic E-state index is 14.1. The summed E-state index contributed by atoms with van der Waals surface area (Å²) in [5.74, 6) is -0.270. The van der Waals surface area contributed by atoms with Gasteiger partial charge in [0.1, 0.15) is 5.82 Å². The lowest BCUT2D eigenvalue weighted by molar-refractivity contribution is -0.135. The van der Waals surface area contributed by atoms with Crippen LogP contribution in [0.2, 0.25) is 5.02 Å². The van der Waals surface area contributed by atoms with Crippen LogP contribution in [0.4, 0.5) is 4.39 Å². The molecule has 1 N–H and O–H groups in total. The molecule has 3 rings (SSSR count). The summed E-state index contributed by atoms with van der Waals surface area (Å²) in [4.78, 5) is 15.0. The third-order valence-corrected chi connectivity index (χ3v) is 5.30. The van der Waals surface area contributed by atoms with Gasteiger partial charge in [0.25, 0.3) is 0 Å². The summed E-state index contributed by atoms with van der Waals surface area (Å²) in [6, 6.07) is 5.06. The van der Waals surface area contributed by atoms with Crippen LogP contribution in [0.15, 0.2) is 18.2 Å². The van der Waals surface area contributed by atoms with Crippen LogP contribution in [-0.4, -0.2) is 36.5 Å². The molecular formula is C18H25Cl2FN2O. The normalized spacial score (nSPS) is 23.5. The van der Waals surface area contributed by atoms with Crippen molar-refractivity contribution in [3.8, 4) is 0 Å². The van der Waals surface area contributed by atoms with Crippen LogP contribution >= 0.6 is 24.0 Å². The zero-order chi connectivity index (χ0) is 16.4. The van der Waals surface area contributed by atoms with Gasteiger partial charge in [-0.25, -0.2) is 4.39 Å². The van der Waals surface area contributed by atoms with Gasteiger partial charge in [0.2, 0.25) is 5.91 Å². The minimum Gasteiger partial charge on any atom is -0.339 e. The van der Waals surface area contributed by atoms with E-state index in [4.69, 9.17) is 11.6 Å². The van der Waals surface area contributed by atoms with Crippen LogP contribution in [0.1, 0.15) is 44.1 Å². The molecular weight excluding hydrogens is 350 g/mol. The minimum atomic E-state index is -0.290. The van der Waals surface area contributed by atoms with Gasteiger partial charge >= 0.3 is 0 Å². The standard InChI is InChI=1S/C18H24ClFN2O.ClH/c1-2-10-22(12-6-8-21-9-7-12)18(23)14-11-13(14)17-15(19)4-3-5-16(17)20;/h3-5,12-14,21H,2,6-11H2,1H3;1H.